The van der Waals surface area contributed by atoms with Crippen LogP contribution in [-0.2, 0) is 20.4 Å². The number of ether oxygens (including phenoxy) is 1. The number of hydrogen-bond donors (Lipinski definition) is 0. The van der Waals surface area contributed by atoms with E-state index in [9.17, 15) is 17.6 Å². The van der Waals surface area contributed by atoms with Gasteiger partial charge in [-0.15, -0.1) is 0 Å². The lowest BCUT2D eigenvalue weighted by molar-refractivity contribution is -0.136. The van der Waals surface area contributed by atoms with Crippen molar-refractivity contribution in [3.8, 4) is 16.9 Å². The molecule has 3 aromatic carbocycles. The van der Waals surface area contributed by atoms with Gasteiger partial charge in [0.05, 0.1) is 10.8 Å². The summed E-state index contributed by atoms with van der Waals surface area (Å²) in [5, 5.41) is 0.0366. The Morgan fingerprint density at radius 3 is 2.39 bits per heavy atom. The lowest BCUT2D eigenvalue weighted by atomic mass is 10.0. The Bertz CT molecular complexity index is 1300. The van der Waals surface area contributed by atoms with E-state index in [-0.39, 0.29) is 38.8 Å². The van der Waals surface area contributed by atoms with E-state index in [1.54, 1.807) is 11.0 Å². The molecule has 4 rings (SSSR count). The monoisotopic (exact) mass is 507 g/mol. The fourth-order valence-electron chi connectivity index (χ4n) is 3.48. The van der Waals surface area contributed by atoms with Gasteiger partial charge in [-0.2, -0.15) is 0 Å². The fraction of sp³-hybridized carbons (Fsp3) is 0.208. The maximum atomic E-state index is 14.6. The highest BCUT2D eigenvalue weighted by Crippen LogP contribution is 2.37. The van der Waals surface area contributed by atoms with Gasteiger partial charge in [0, 0.05) is 23.7 Å². The molecule has 1 heterocycles. The van der Waals surface area contributed by atoms with Crippen molar-refractivity contribution in [1.82, 2.24) is 4.90 Å². The molecule has 0 unspecified atom stereocenters. The summed E-state index contributed by atoms with van der Waals surface area (Å²) in [6.07, 6.45) is 0.917. The van der Waals surface area contributed by atoms with Crippen LogP contribution in [-0.4, -0.2) is 38.9 Å². The number of amides is 1. The lowest BCUT2D eigenvalue weighted by Crippen LogP contribution is -2.44. The van der Waals surface area contributed by atoms with E-state index >= 15 is 0 Å². The molecule has 3 aromatic rings. The second-order valence-corrected chi connectivity index (χ2v) is 10.5. The average molecular weight is 508 g/mol. The first kappa shape index (κ1) is 23.5. The first-order valence-electron chi connectivity index (χ1n) is 10.2. The van der Waals surface area contributed by atoms with E-state index in [1.807, 2.05) is 30.3 Å². The van der Waals surface area contributed by atoms with Crippen molar-refractivity contribution in [2.45, 2.75) is 17.1 Å². The van der Waals surface area contributed by atoms with Crippen LogP contribution in [0.3, 0.4) is 0 Å². The fourth-order valence-corrected chi connectivity index (χ4v) is 5.69. The molecule has 0 bridgehead atoms. The number of carbonyl (C=O) groups excluding carboxylic acids is 1. The Balaban J connectivity index is 1.65. The van der Waals surface area contributed by atoms with E-state index in [4.69, 9.17) is 27.9 Å². The van der Waals surface area contributed by atoms with Gasteiger partial charge in [0.15, 0.2) is 22.2 Å². The van der Waals surface area contributed by atoms with Crippen LogP contribution >= 0.6 is 23.2 Å². The van der Waals surface area contributed by atoms with Crippen LogP contribution in [0.5, 0.6) is 5.75 Å². The summed E-state index contributed by atoms with van der Waals surface area (Å²) in [6.45, 7) is 0.916. The molecule has 0 radical (unpaired) electrons. The molecule has 172 valence electrons. The molecule has 9 heteroatoms. The molecule has 1 aliphatic heterocycles. The van der Waals surface area contributed by atoms with Crippen molar-refractivity contribution in [3.05, 3.63) is 82.1 Å². The number of benzene rings is 3. The SMILES string of the molecule is O=C(COc1c(Cl)cc(Cl)cc1S(=O)(=O)Cc1cc(-c2ccccc2)ccc1F)N1CCC1. The van der Waals surface area contributed by atoms with Crippen LogP contribution in [0.4, 0.5) is 4.39 Å². The number of sulfone groups is 1. The van der Waals surface area contributed by atoms with Gasteiger partial charge in [-0.25, -0.2) is 12.8 Å². The van der Waals surface area contributed by atoms with Crippen LogP contribution in [0.2, 0.25) is 10.0 Å². The molecule has 33 heavy (non-hydrogen) atoms. The molecule has 0 saturated carbocycles. The summed E-state index contributed by atoms with van der Waals surface area (Å²) in [5.41, 5.74) is 1.51. The number of likely N-dealkylation sites (tertiary alicyclic amines) is 1. The average Bonchev–Trinajstić information content (AvgIpc) is 2.73. The smallest absolute Gasteiger partial charge is 0.260 e. The van der Waals surface area contributed by atoms with Crippen molar-refractivity contribution >= 4 is 38.9 Å². The molecule has 1 fully saturated rings. The lowest BCUT2D eigenvalue weighted by Gasteiger charge is -2.30. The largest absolute Gasteiger partial charge is 0.481 e. The molecule has 0 spiro atoms. The number of halogens is 3. The Labute approximate surface area is 201 Å². The van der Waals surface area contributed by atoms with Gasteiger partial charge >= 0.3 is 0 Å². The molecule has 0 aromatic heterocycles. The van der Waals surface area contributed by atoms with Crippen molar-refractivity contribution in [1.29, 1.82) is 0 Å². The maximum Gasteiger partial charge on any atom is 0.260 e. The Morgan fingerprint density at radius 2 is 1.73 bits per heavy atom. The summed E-state index contributed by atoms with van der Waals surface area (Å²) < 4.78 is 46.7. The maximum absolute atomic E-state index is 14.6. The molecule has 1 amide bonds. The number of carbonyl (C=O) groups is 1. The molecule has 1 aliphatic rings. The van der Waals surface area contributed by atoms with E-state index in [1.165, 1.54) is 24.3 Å². The van der Waals surface area contributed by atoms with Crippen LogP contribution in [0.25, 0.3) is 11.1 Å². The van der Waals surface area contributed by atoms with Crippen LogP contribution in [0.1, 0.15) is 12.0 Å². The summed E-state index contributed by atoms with van der Waals surface area (Å²) in [6, 6.07) is 16.1. The predicted molar refractivity (Wildman–Crippen MR) is 126 cm³/mol. The molecule has 1 saturated heterocycles. The standard InChI is InChI=1S/C24H20Cl2FNO4S/c25-19-12-20(26)24(32-14-23(29)28-9-4-10-28)22(13-19)33(30,31)15-18-11-17(7-8-21(18)27)16-5-2-1-3-6-16/h1-3,5-8,11-13H,4,9-10,14-15H2. The zero-order chi connectivity index (χ0) is 23.6. The summed E-state index contributed by atoms with van der Waals surface area (Å²) in [4.78, 5) is 13.5. The van der Waals surface area contributed by atoms with Gasteiger partial charge in [-0.05, 0) is 41.8 Å². The number of nitrogens with zero attached hydrogens (tertiary/aromatic N) is 1. The Hall–Kier alpha value is -2.61. The van der Waals surface area contributed by atoms with Crippen LogP contribution in [0.15, 0.2) is 65.6 Å². The van der Waals surface area contributed by atoms with Crippen molar-refractivity contribution in [3.63, 3.8) is 0 Å². The quantitative estimate of drug-likeness (QED) is 0.430. The third-order valence-electron chi connectivity index (χ3n) is 5.36. The summed E-state index contributed by atoms with van der Waals surface area (Å²) >= 11 is 12.3. The minimum absolute atomic E-state index is 0.00458. The topological polar surface area (TPSA) is 63.7 Å². The van der Waals surface area contributed by atoms with Gasteiger partial charge in [0.1, 0.15) is 10.7 Å². The van der Waals surface area contributed by atoms with E-state index < -0.39 is 21.4 Å². The first-order chi connectivity index (χ1) is 15.7. The molecule has 0 atom stereocenters. The second kappa shape index (κ2) is 9.71. The van der Waals surface area contributed by atoms with Gasteiger partial charge in [-0.1, -0.05) is 59.6 Å². The zero-order valence-electron chi connectivity index (χ0n) is 17.4. The first-order valence-corrected chi connectivity index (χ1v) is 12.6. The molecular weight excluding hydrogens is 488 g/mol. The Morgan fingerprint density at radius 1 is 1.00 bits per heavy atom. The zero-order valence-corrected chi connectivity index (χ0v) is 19.8. The van der Waals surface area contributed by atoms with E-state index in [0.717, 1.165) is 12.0 Å². The normalized spacial score (nSPS) is 13.5. The van der Waals surface area contributed by atoms with Crippen molar-refractivity contribution < 1.29 is 22.3 Å². The molecule has 0 aliphatic carbocycles. The summed E-state index contributed by atoms with van der Waals surface area (Å²) in [5.74, 6) is -1.72. The highest BCUT2D eigenvalue weighted by Gasteiger charge is 2.27. The number of rotatable bonds is 7. The van der Waals surface area contributed by atoms with Gasteiger partial charge in [0.25, 0.3) is 5.91 Å². The third-order valence-corrected chi connectivity index (χ3v) is 7.52. The molecule has 5 nitrogen and oxygen atoms in total. The third kappa shape index (κ3) is 5.32. The van der Waals surface area contributed by atoms with Gasteiger partial charge in [-0.3, -0.25) is 4.79 Å². The van der Waals surface area contributed by atoms with Crippen molar-refractivity contribution in [2.75, 3.05) is 19.7 Å². The minimum Gasteiger partial charge on any atom is -0.481 e. The number of hydrogen-bond acceptors (Lipinski definition) is 4. The summed E-state index contributed by atoms with van der Waals surface area (Å²) in [7, 11) is -4.13. The van der Waals surface area contributed by atoms with Gasteiger partial charge < -0.3 is 9.64 Å². The highest BCUT2D eigenvalue weighted by atomic mass is 35.5. The van der Waals surface area contributed by atoms with E-state index in [0.29, 0.717) is 18.7 Å². The highest BCUT2D eigenvalue weighted by molar-refractivity contribution is 7.90. The van der Waals surface area contributed by atoms with E-state index in [2.05, 4.69) is 0 Å². The second-order valence-electron chi connectivity index (χ2n) is 7.67. The van der Waals surface area contributed by atoms with Crippen LogP contribution in [0, 0.1) is 5.82 Å². The predicted octanol–water partition coefficient (Wildman–Crippen LogP) is 5.38. The Kier molecular flexibility index (Phi) is 6.93. The minimum atomic E-state index is -4.13. The van der Waals surface area contributed by atoms with Crippen LogP contribution < -0.4 is 4.74 Å². The molecule has 0 N–H and O–H groups in total. The molecular formula is C24H20Cl2FNO4S. The van der Waals surface area contributed by atoms with Crippen molar-refractivity contribution in [2.24, 2.45) is 0 Å². The van der Waals surface area contributed by atoms with Gasteiger partial charge in [0.2, 0.25) is 0 Å².